The molecule has 1 aliphatic rings. The summed E-state index contributed by atoms with van der Waals surface area (Å²) in [5.74, 6) is -0.345. The molecule has 1 aliphatic heterocycles. The second kappa shape index (κ2) is 15.2. The number of hydrogen-bond donors (Lipinski definition) is 3. The summed E-state index contributed by atoms with van der Waals surface area (Å²) in [6.07, 6.45) is -4.66. The summed E-state index contributed by atoms with van der Waals surface area (Å²) >= 11 is 0. The first kappa shape index (κ1) is 41.5. The van der Waals surface area contributed by atoms with Crippen LogP contribution in [0.15, 0.2) is 11.1 Å². The third-order valence-corrected chi connectivity index (χ3v) is 7.88. The molecule has 0 aromatic carbocycles. The van der Waals surface area contributed by atoms with E-state index in [2.05, 4.69) is 28.1 Å². The van der Waals surface area contributed by atoms with E-state index < -0.39 is 59.7 Å². The Hall–Kier alpha value is 2.41. The fourth-order valence-electron chi connectivity index (χ4n) is 2.91. The van der Waals surface area contributed by atoms with E-state index >= 15 is 4.39 Å². The predicted octanol–water partition coefficient (Wildman–Crippen LogP) is -15.5. The van der Waals surface area contributed by atoms with Crippen molar-refractivity contribution in [1.82, 2.24) is 19.5 Å². The van der Waals surface area contributed by atoms with Gasteiger partial charge in [-0.15, -0.1) is 0 Å². The minimum atomic E-state index is -6.21. The van der Waals surface area contributed by atoms with Gasteiger partial charge in [-0.3, -0.25) is 27.8 Å². The van der Waals surface area contributed by atoms with E-state index in [0.29, 0.717) is 0 Å². The van der Waals surface area contributed by atoms with E-state index in [1.807, 2.05) is 0 Å². The number of phosphoric ester groups is 1. The maximum absolute atomic E-state index is 15.3. The smallest absolute Gasteiger partial charge is 0.790 e. The summed E-state index contributed by atoms with van der Waals surface area (Å²) in [5.41, 5.74) is 1.54. The molecule has 1 fully saturated rings. The summed E-state index contributed by atoms with van der Waals surface area (Å²) in [6, 6.07) is 0. The van der Waals surface area contributed by atoms with Crippen LogP contribution in [-0.2, 0) is 31.6 Å². The number of H-pyrrole nitrogens is 1. The van der Waals surface area contributed by atoms with Crippen molar-refractivity contribution in [3.8, 4) is 0 Å². The number of aliphatic hydroxyl groups excluding tert-OH is 1. The largest absolute Gasteiger partial charge is 1.00 e. The zero-order valence-corrected chi connectivity index (χ0v) is 30.7. The molecule has 37 heavy (non-hydrogen) atoms. The number of halogens is 1. The average molecular weight is 627 g/mol. The second-order valence-corrected chi connectivity index (χ2v) is 10.9. The van der Waals surface area contributed by atoms with Crippen molar-refractivity contribution in [2.24, 2.45) is 0 Å². The number of aromatic nitrogens is 4. The molecule has 6 unspecified atom stereocenters. The van der Waals surface area contributed by atoms with Gasteiger partial charge in [0.05, 0.1) is 20.8 Å². The van der Waals surface area contributed by atoms with Gasteiger partial charge in [-0.2, -0.15) is 4.98 Å². The van der Waals surface area contributed by atoms with Crippen LogP contribution >= 0.6 is 23.5 Å². The van der Waals surface area contributed by atoms with E-state index in [-0.39, 0.29) is 135 Å². The van der Waals surface area contributed by atoms with Gasteiger partial charge in [-0.25, -0.2) is 13.7 Å². The van der Waals surface area contributed by atoms with Gasteiger partial charge >= 0.3 is 118 Å². The number of alkyl halides is 1. The van der Waals surface area contributed by atoms with E-state index in [1.54, 1.807) is 0 Å². The van der Waals surface area contributed by atoms with Gasteiger partial charge in [-0.05, 0) is 6.92 Å². The Morgan fingerprint density at radius 3 is 2.30 bits per heavy atom. The Kier molecular flexibility index (Phi) is 17.1. The van der Waals surface area contributed by atoms with Gasteiger partial charge in [0.1, 0.15) is 12.2 Å². The van der Waals surface area contributed by atoms with Crippen LogP contribution in [0.2, 0.25) is 0 Å². The van der Waals surface area contributed by atoms with E-state index in [4.69, 9.17) is 10.5 Å². The maximum Gasteiger partial charge on any atom is 1.00 e. The van der Waals surface area contributed by atoms with Gasteiger partial charge in [0.25, 0.3) is 21.2 Å². The van der Waals surface area contributed by atoms with Crippen molar-refractivity contribution in [3.05, 3.63) is 16.7 Å². The van der Waals surface area contributed by atoms with Gasteiger partial charge in [0, 0.05) is 0 Å². The number of nitrogens with two attached hydrogens (primary N) is 1. The quantitative estimate of drug-likeness (QED) is 0.181. The molecular weight excluding hydrogens is 614 g/mol. The Labute approximate surface area is 295 Å². The molecule has 2 aromatic heterocycles. The van der Waals surface area contributed by atoms with Gasteiger partial charge in [-0.1, -0.05) is 0 Å². The molecule has 0 saturated carbocycles. The van der Waals surface area contributed by atoms with E-state index in [1.165, 1.54) is 0 Å². The molecule has 0 bridgehead atoms. The normalized spacial score (nSPS) is 26.5. The molecule has 0 amide bonds. The Morgan fingerprint density at radius 2 is 1.76 bits per heavy atom. The summed E-state index contributed by atoms with van der Waals surface area (Å²) < 4.78 is 65.2. The number of phosphoric acid groups is 3. The first-order valence-electron chi connectivity index (χ1n) is 8.38. The minimum Gasteiger partial charge on any atom is -0.790 e. The zero-order valence-electron chi connectivity index (χ0n) is 20.0. The number of imidazole rings is 1. The van der Waals surface area contributed by atoms with Crippen molar-refractivity contribution < 1.29 is 179 Å². The summed E-state index contributed by atoms with van der Waals surface area (Å²) in [4.78, 5) is 65.1. The average Bonchev–Trinajstić information content (AvgIpc) is 3.10. The Morgan fingerprint density at radius 1 is 1.19 bits per heavy atom. The molecule has 3 rings (SSSR count). The number of nitrogens with zero attached hydrogens (tertiary/aromatic N) is 3. The standard InChI is InChI=1S/C11H17FN5O13P3.4Na/c1-11(12)6(18)4(2-27-32(23,24)30-33(25,26)29-31(20,21)22)28-9(11)17-3-14-5-7(17)15-10(13)16-8(5)19;;;;/h3-4,6,9,18H,2H2,1H3,(H,23,24)(H,25,26)(H2,20,21,22)(H3,13,15,16,19);;;;/q;4*+1/p-4. The van der Waals surface area contributed by atoms with Crippen LogP contribution in [-0.4, -0.2) is 49.1 Å². The van der Waals surface area contributed by atoms with Crippen molar-refractivity contribution in [2.45, 2.75) is 31.0 Å². The first-order valence-corrected chi connectivity index (χ1v) is 12.8. The summed E-state index contributed by atoms with van der Waals surface area (Å²) in [5, 5.41) is 10.2. The number of fused-ring (bicyclic) bond motifs is 1. The molecule has 6 atom stereocenters. The van der Waals surface area contributed by atoms with Crippen molar-refractivity contribution in [2.75, 3.05) is 12.3 Å². The number of rotatable bonds is 8. The van der Waals surface area contributed by atoms with Crippen LogP contribution < -0.4 is 149 Å². The molecule has 1 saturated heterocycles. The Balaban J connectivity index is 0. The number of nitrogens with one attached hydrogen (secondary N) is 1. The van der Waals surface area contributed by atoms with Crippen molar-refractivity contribution in [3.63, 3.8) is 0 Å². The van der Waals surface area contributed by atoms with Crippen molar-refractivity contribution >= 4 is 40.6 Å². The van der Waals surface area contributed by atoms with E-state index in [0.717, 1.165) is 17.8 Å². The van der Waals surface area contributed by atoms with Crippen LogP contribution in [0.5, 0.6) is 0 Å². The summed E-state index contributed by atoms with van der Waals surface area (Å²) in [6.45, 7) is -0.370. The van der Waals surface area contributed by atoms with Crippen molar-refractivity contribution in [1.29, 1.82) is 0 Å². The molecule has 0 aliphatic carbocycles. The number of aromatic amines is 1. The molecule has 0 radical (unpaired) electrons. The maximum atomic E-state index is 15.3. The van der Waals surface area contributed by atoms with Crippen LogP contribution in [0.25, 0.3) is 11.2 Å². The molecule has 2 aromatic rings. The molecule has 3 heterocycles. The predicted molar refractivity (Wildman–Crippen MR) is 92.9 cm³/mol. The van der Waals surface area contributed by atoms with Gasteiger partial charge < -0.3 is 44.2 Å². The minimum absolute atomic E-state index is 0. The molecule has 4 N–H and O–H groups in total. The third kappa shape index (κ3) is 10.6. The SMILES string of the molecule is CC1(F)C(O)C(COP(=O)([O-])OP(=O)([O-])OP(=O)([O-])[O-])OC1n1cnc2c(=O)[nH]c(N)nc21.[Na+].[Na+].[Na+].[Na+]. The number of nitrogen functional groups attached to an aromatic ring is 1. The molecule has 186 valence electrons. The monoisotopic (exact) mass is 627 g/mol. The van der Waals surface area contributed by atoms with Crippen LogP contribution in [0.4, 0.5) is 10.3 Å². The van der Waals surface area contributed by atoms with Crippen LogP contribution in [0, 0.1) is 0 Å². The molecular formula is C11H13FN5Na4O13P3. The molecule has 0 spiro atoms. The van der Waals surface area contributed by atoms with Gasteiger partial charge in [0.15, 0.2) is 23.1 Å². The Bertz CT molecular complexity index is 1280. The van der Waals surface area contributed by atoms with Gasteiger partial charge in [0.2, 0.25) is 5.95 Å². The molecule has 26 heteroatoms. The number of anilines is 1. The number of hydrogen-bond acceptors (Lipinski definition) is 16. The fourth-order valence-corrected chi connectivity index (χ4v) is 5.78. The number of ether oxygens (including phenoxy) is 1. The molecule has 18 nitrogen and oxygen atoms in total. The number of aliphatic hydroxyl groups is 1. The van der Waals surface area contributed by atoms with Crippen LogP contribution in [0.1, 0.15) is 13.2 Å². The topological polar surface area (TPSA) is 290 Å². The third-order valence-electron chi connectivity index (χ3n) is 4.22. The first-order chi connectivity index (χ1) is 14.9. The fraction of sp³-hybridized carbons (Fsp3) is 0.545. The second-order valence-electron chi connectivity index (χ2n) is 6.70. The van der Waals surface area contributed by atoms with Crippen LogP contribution in [0.3, 0.4) is 0 Å². The zero-order chi connectivity index (χ0) is 25.0. The van der Waals surface area contributed by atoms with E-state index in [9.17, 15) is 43.2 Å². The summed E-state index contributed by atoms with van der Waals surface area (Å²) in [7, 11) is -18.3.